The molecule has 4 aromatic rings. The fourth-order valence-corrected chi connectivity index (χ4v) is 4.16. The Labute approximate surface area is 164 Å². The second-order valence-electron chi connectivity index (χ2n) is 7.25. The molecule has 0 aliphatic carbocycles. The van der Waals surface area contributed by atoms with Gasteiger partial charge in [-0.25, -0.2) is 9.13 Å². The molecule has 0 fully saturated rings. The number of benzene rings is 3. The summed E-state index contributed by atoms with van der Waals surface area (Å²) < 4.78 is 4.45. The smallest absolute Gasteiger partial charge is 0.266 e. The average Bonchev–Trinajstić information content (AvgIpc) is 3.33. The summed E-state index contributed by atoms with van der Waals surface area (Å²) >= 11 is 0. The molecule has 1 amide bonds. The Balaban J connectivity index is 1.43. The van der Waals surface area contributed by atoms with Crippen LogP contribution < -0.4 is 9.88 Å². The molecule has 3 aromatic carbocycles. The third kappa shape index (κ3) is 2.97. The summed E-state index contributed by atoms with van der Waals surface area (Å²) in [6, 6.07) is 24.5. The SMILES string of the molecule is O=C(C[n+]1cc(-c2ccccc2)n2c1CCC2)Nc1cccc2ccccc12. The summed E-state index contributed by atoms with van der Waals surface area (Å²) in [4.78, 5) is 12.8. The molecule has 0 bridgehead atoms. The highest BCUT2D eigenvalue weighted by Gasteiger charge is 2.29. The lowest BCUT2D eigenvalue weighted by Crippen LogP contribution is -2.42. The van der Waals surface area contributed by atoms with Crippen molar-refractivity contribution in [1.82, 2.24) is 4.57 Å². The third-order valence-corrected chi connectivity index (χ3v) is 5.44. The second kappa shape index (κ2) is 6.97. The van der Waals surface area contributed by atoms with Crippen LogP contribution in [0.5, 0.6) is 0 Å². The molecule has 4 nitrogen and oxygen atoms in total. The van der Waals surface area contributed by atoms with E-state index in [1.807, 2.05) is 36.4 Å². The Hall–Kier alpha value is -3.40. The normalized spacial score (nSPS) is 12.9. The number of nitrogens with one attached hydrogen (secondary N) is 1. The zero-order valence-electron chi connectivity index (χ0n) is 15.6. The minimum Gasteiger partial charge on any atom is -0.322 e. The Morgan fingerprint density at radius 2 is 1.75 bits per heavy atom. The molecule has 0 radical (unpaired) electrons. The molecule has 138 valence electrons. The van der Waals surface area contributed by atoms with Gasteiger partial charge in [-0.1, -0.05) is 66.7 Å². The standard InChI is InChI=1S/C24H21N3O/c28-23(25-21-13-6-11-18-8-4-5-12-20(18)21)17-26-16-22(19-9-2-1-3-10-19)27-15-7-14-24(26)27/h1-6,8-13,16H,7,14-15,17H2/p+1. The monoisotopic (exact) mass is 368 g/mol. The molecule has 0 spiro atoms. The molecule has 0 unspecified atom stereocenters. The quantitative estimate of drug-likeness (QED) is 0.539. The molecule has 1 aliphatic rings. The van der Waals surface area contributed by atoms with Crippen molar-refractivity contribution in [2.75, 3.05) is 5.32 Å². The first-order valence-corrected chi connectivity index (χ1v) is 9.74. The predicted octanol–water partition coefficient (Wildman–Crippen LogP) is 4.18. The number of imidazole rings is 1. The van der Waals surface area contributed by atoms with Crippen LogP contribution in [0.25, 0.3) is 22.0 Å². The van der Waals surface area contributed by atoms with Crippen LogP contribution in [0.2, 0.25) is 0 Å². The molecule has 4 heteroatoms. The molecule has 1 N–H and O–H groups in total. The Morgan fingerprint density at radius 3 is 2.64 bits per heavy atom. The maximum Gasteiger partial charge on any atom is 0.266 e. The maximum absolute atomic E-state index is 12.8. The lowest BCUT2D eigenvalue weighted by Gasteiger charge is -2.08. The largest absolute Gasteiger partial charge is 0.322 e. The van der Waals surface area contributed by atoms with Gasteiger partial charge in [0.2, 0.25) is 0 Å². The van der Waals surface area contributed by atoms with Crippen LogP contribution in [0.1, 0.15) is 12.2 Å². The summed E-state index contributed by atoms with van der Waals surface area (Å²) in [6.45, 7) is 1.34. The Bertz CT molecular complexity index is 1160. The van der Waals surface area contributed by atoms with Crippen LogP contribution in [-0.4, -0.2) is 10.5 Å². The van der Waals surface area contributed by atoms with Gasteiger partial charge in [-0.3, -0.25) is 4.79 Å². The van der Waals surface area contributed by atoms with Crippen LogP contribution >= 0.6 is 0 Å². The molecule has 1 aromatic heterocycles. The number of carbonyl (C=O) groups excluding carboxylic acids is 1. The van der Waals surface area contributed by atoms with Crippen molar-refractivity contribution in [3.05, 3.63) is 84.8 Å². The van der Waals surface area contributed by atoms with Crippen molar-refractivity contribution < 1.29 is 9.36 Å². The van der Waals surface area contributed by atoms with Crippen molar-refractivity contribution in [3.8, 4) is 11.3 Å². The fraction of sp³-hybridized carbons (Fsp3) is 0.167. The number of fused-ring (bicyclic) bond motifs is 2. The van der Waals surface area contributed by atoms with Gasteiger partial charge in [0.15, 0.2) is 12.2 Å². The van der Waals surface area contributed by atoms with E-state index in [-0.39, 0.29) is 5.91 Å². The number of hydrogen-bond donors (Lipinski definition) is 1. The highest BCUT2D eigenvalue weighted by molar-refractivity contribution is 6.01. The third-order valence-electron chi connectivity index (χ3n) is 5.44. The first kappa shape index (κ1) is 16.8. The predicted molar refractivity (Wildman–Crippen MR) is 111 cm³/mol. The van der Waals surface area contributed by atoms with E-state index in [9.17, 15) is 4.79 Å². The van der Waals surface area contributed by atoms with Crippen molar-refractivity contribution in [2.45, 2.75) is 25.9 Å². The van der Waals surface area contributed by atoms with Gasteiger partial charge in [-0.05, 0) is 17.9 Å². The summed E-state index contributed by atoms with van der Waals surface area (Å²) in [6.07, 6.45) is 4.25. The first-order chi connectivity index (χ1) is 13.8. The van der Waals surface area contributed by atoms with Crippen LogP contribution in [0.15, 0.2) is 79.0 Å². The van der Waals surface area contributed by atoms with Gasteiger partial charge in [0.25, 0.3) is 11.7 Å². The summed E-state index contributed by atoms with van der Waals surface area (Å²) in [5.74, 6) is 1.23. The van der Waals surface area contributed by atoms with E-state index in [2.05, 4.69) is 57.0 Å². The Morgan fingerprint density at radius 1 is 0.964 bits per heavy atom. The highest BCUT2D eigenvalue weighted by Crippen LogP contribution is 2.25. The van der Waals surface area contributed by atoms with Crippen LogP contribution in [0.4, 0.5) is 5.69 Å². The minimum atomic E-state index is 0.00117. The summed E-state index contributed by atoms with van der Waals surface area (Å²) in [5.41, 5.74) is 3.24. The van der Waals surface area contributed by atoms with Gasteiger partial charge < -0.3 is 5.32 Å². The molecule has 28 heavy (non-hydrogen) atoms. The van der Waals surface area contributed by atoms with Crippen molar-refractivity contribution >= 4 is 22.4 Å². The highest BCUT2D eigenvalue weighted by atomic mass is 16.1. The van der Waals surface area contributed by atoms with Gasteiger partial charge in [0.1, 0.15) is 6.20 Å². The van der Waals surface area contributed by atoms with E-state index >= 15 is 0 Å². The minimum absolute atomic E-state index is 0.00117. The van der Waals surface area contributed by atoms with Crippen molar-refractivity contribution in [3.63, 3.8) is 0 Å². The molecule has 0 saturated carbocycles. The Kier molecular flexibility index (Phi) is 4.17. The number of anilines is 1. The number of carbonyl (C=O) groups is 1. The molecule has 5 rings (SSSR count). The van der Waals surface area contributed by atoms with E-state index in [1.165, 1.54) is 17.1 Å². The summed E-state index contributed by atoms with van der Waals surface area (Å²) in [7, 11) is 0. The zero-order valence-corrected chi connectivity index (χ0v) is 15.6. The van der Waals surface area contributed by atoms with Crippen molar-refractivity contribution in [2.24, 2.45) is 0 Å². The number of aromatic nitrogens is 2. The lowest BCUT2D eigenvalue weighted by atomic mass is 10.1. The fourth-order valence-electron chi connectivity index (χ4n) is 4.16. The van der Waals surface area contributed by atoms with Crippen LogP contribution in [0, 0.1) is 0 Å². The van der Waals surface area contributed by atoms with E-state index in [4.69, 9.17) is 0 Å². The van der Waals surface area contributed by atoms with E-state index in [0.717, 1.165) is 35.8 Å². The molecular formula is C24H22N3O+. The first-order valence-electron chi connectivity index (χ1n) is 9.74. The molecule has 1 aliphatic heterocycles. The zero-order chi connectivity index (χ0) is 18.9. The van der Waals surface area contributed by atoms with Crippen LogP contribution in [-0.2, 0) is 24.3 Å². The van der Waals surface area contributed by atoms with Crippen molar-refractivity contribution in [1.29, 1.82) is 0 Å². The number of rotatable bonds is 4. The van der Waals surface area contributed by atoms with Gasteiger partial charge >= 0.3 is 0 Å². The molecule has 0 atom stereocenters. The van der Waals surface area contributed by atoms with E-state index in [1.54, 1.807) is 0 Å². The van der Waals surface area contributed by atoms with Gasteiger partial charge in [0, 0.05) is 16.6 Å². The average molecular weight is 368 g/mol. The van der Waals surface area contributed by atoms with E-state index < -0.39 is 0 Å². The van der Waals surface area contributed by atoms with Gasteiger partial charge in [0.05, 0.1) is 13.0 Å². The molecule has 2 heterocycles. The number of nitrogens with zero attached hydrogens (tertiary/aromatic N) is 2. The number of amides is 1. The lowest BCUT2D eigenvalue weighted by molar-refractivity contribution is -0.690. The van der Waals surface area contributed by atoms with Crippen LogP contribution in [0.3, 0.4) is 0 Å². The van der Waals surface area contributed by atoms with Gasteiger partial charge in [-0.15, -0.1) is 0 Å². The summed E-state index contributed by atoms with van der Waals surface area (Å²) in [5, 5.41) is 5.30. The molecular weight excluding hydrogens is 346 g/mol. The topological polar surface area (TPSA) is 37.9 Å². The van der Waals surface area contributed by atoms with Gasteiger partial charge in [-0.2, -0.15) is 0 Å². The maximum atomic E-state index is 12.8. The molecule has 0 saturated heterocycles. The number of hydrogen-bond acceptors (Lipinski definition) is 1. The van der Waals surface area contributed by atoms with E-state index in [0.29, 0.717) is 6.54 Å². The second-order valence-corrected chi connectivity index (χ2v) is 7.25.